The predicted octanol–water partition coefficient (Wildman–Crippen LogP) is 3.19. The number of fused-ring (bicyclic) bond motifs is 3. The summed E-state index contributed by atoms with van der Waals surface area (Å²) in [7, 11) is 3.33. The first kappa shape index (κ1) is 18.1. The van der Waals surface area contributed by atoms with Gasteiger partial charge in [0.15, 0.2) is 0 Å². The van der Waals surface area contributed by atoms with Crippen molar-refractivity contribution >= 4 is 45.0 Å². The number of hydrogen-bond donors (Lipinski definition) is 1. The van der Waals surface area contributed by atoms with E-state index in [1.807, 2.05) is 35.9 Å². The highest BCUT2D eigenvalue weighted by Gasteiger charge is 2.16. The molecule has 2 aromatic carbocycles. The number of anilines is 1. The fourth-order valence-electron chi connectivity index (χ4n) is 3.33. The molecular weight excluding hydrogens is 380 g/mol. The van der Waals surface area contributed by atoms with Crippen LogP contribution >= 0.6 is 11.6 Å². The summed E-state index contributed by atoms with van der Waals surface area (Å²) in [6, 6.07) is 12.6. The maximum Gasteiger partial charge on any atom is 0.291 e. The van der Waals surface area contributed by atoms with Crippen molar-refractivity contribution in [1.29, 1.82) is 0 Å². The lowest BCUT2D eigenvalue weighted by molar-refractivity contribution is -0.117. The number of rotatable bonds is 4. The second kappa shape index (κ2) is 7.01. The average molecular weight is 397 g/mol. The molecule has 0 aliphatic heterocycles. The van der Waals surface area contributed by atoms with E-state index in [2.05, 4.69) is 10.4 Å². The Balaban J connectivity index is 1.69. The summed E-state index contributed by atoms with van der Waals surface area (Å²) >= 11 is 5.99. The Morgan fingerprint density at radius 2 is 2.00 bits per heavy atom. The van der Waals surface area contributed by atoms with E-state index in [4.69, 9.17) is 16.3 Å². The lowest BCUT2D eigenvalue weighted by atomic mass is 10.2. The van der Waals surface area contributed by atoms with Gasteiger partial charge >= 0.3 is 0 Å². The molecule has 4 aromatic rings. The first-order valence-corrected chi connectivity index (χ1v) is 8.94. The number of para-hydroxylation sites is 1. The van der Waals surface area contributed by atoms with Crippen molar-refractivity contribution in [3.8, 4) is 5.75 Å². The molecule has 7 nitrogen and oxygen atoms in total. The van der Waals surface area contributed by atoms with Gasteiger partial charge in [-0.15, -0.1) is 0 Å². The van der Waals surface area contributed by atoms with Crippen molar-refractivity contribution in [1.82, 2.24) is 14.3 Å². The molecule has 2 heterocycles. The SMILES string of the molecule is COc1ccc(Cl)cc1NC(=O)Cn1ncc2c3ccccc3n(C)c2c1=O. The standard InChI is InChI=1S/C20H17ClN4O3/c1-24-16-6-4-3-5-13(16)14-10-22-25(20(27)19(14)24)11-18(26)23-15-9-12(21)7-8-17(15)28-2/h3-10H,11H2,1-2H3,(H,23,26). The van der Waals surface area contributed by atoms with Crippen LogP contribution in [0.3, 0.4) is 0 Å². The third-order valence-electron chi connectivity index (χ3n) is 4.64. The van der Waals surface area contributed by atoms with E-state index < -0.39 is 5.91 Å². The number of benzene rings is 2. The number of carbonyl (C=O) groups is 1. The summed E-state index contributed by atoms with van der Waals surface area (Å²) in [6.45, 7) is -0.230. The second-order valence-electron chi connectivity index (χ2n) is 6.34. The first-order chi connectivity index (χ1) is 13.5. The molecule has 0 atom stereocenters. The van der Waals surface area contributed by atoms with Gasteiger partial charge in [0.05, 0.1) is 19.0 Å². The molecule has 0 unspecified atom stereocenters. The van der Waals surface area contributed by atoms with Crippen LogP contribution in [0, 0.1) is 0 Å². The topological polar surface area (TPSA) is 78.2 Å². The van der Waals surface area contributed by atoms with E-state index in [0.717, 1.165) is 21.0 Å². The Hall–Kier alpha value is -3.32. The largest absolute Gasteiger partial charge is 0.495 e. The Labute approximate surface area is 165 Å². The summed E-state index contributed by atoms with van der Waals surface area (Å²) in [5.74, 6) is 0.0653. The molecule has 28 heavy (non-hydrogen) atoms. The second-order valence-corrected chi connectivity index (χ2v) is 6.78. The molecule has 142 valence electrons. The Morgan fingerprint density at radius 3 is 2.79 bits per heavy atom. The van der Waals surface area contributed by atoms with Crippen molar-refractivity contribution in [2.24, 2.45) is 7.05 Å². The monoisotopic (exact) mass is 396 g/mol. The van der Waals surface area contributed by atoms with E-state index in [0.29, 0.717) is 22.0 Å². The third kappa shape index (κ3) is 2.99. The van der Waals surface area contributed by atoms with Gasteiger partial charge in [0.1, 0.15) is 17.8 Å². The van der Waals surface area contributed by atoms with Crippen LogP contribution in [0.2, 0.25) is 5.02 Å². The number of methoxy groups -OCH3 is 1. The number of halogens is 1. The lowest BCUT2D eigenvalue weighted by Gasteiger charge is -2.11. The quantitative estimate of drug-likeness (QED) is 0.574. The average Bonchev–Trinajstić information content (AvgIpc) is 2.97. The molecule has 0 aliphatic rings. The van der Waals surface area contributed by atoms with E-state index in [-0.39, 0.29) is 12.1 Å². The van der Waals surface area contributed by atoms with Crippen LogP contribution in [-0.4, -0.2) is 27.4 Å². The van der Waals surface area contributed by atoms with Gasteiger partial charge in [-0.05, 0) is 24.3 Å². The molecule has 4 rings (SSSR count). The van der Waals surface area contributed by atoms with Crippen LogP contribution in [-0.2, 0) is 18.4 Å². The zero-order valence-corrected chi connectivity index (χ0v) is 16.0. The molecule has 0 saturated heterocycles. The Kier molecular flexibility index (Phi) is 4.52. The number of amides is 1. The van der Waals surface area contributed by atoms with Crippen LogP contribution in [0.15, 0.2) is 53.5 Å². The number of ether oxygens (including phenoxy) is 1. The highest BCUT2D eigenvalue weighted by Crippen LogP contribution is 2.28. The van der Waals surface area contributed by atoms with Gasteiger partial charge in [-0.2, -0.15) is 5.10 Å². The van der Waals surface area contributed by atoms with Gasteiger partial charge in [0, 0.05) is 28.4 Å². The van der Waals surface area contributed by atoms with Crippen LogP contribution in [0.25, 0.3) is 21.8 Å². The number of nitrogens with one attached hydrogen (secondary N) is 1. The maximum absolute atomic E-state index is 12.9. The number of nitrogens with zero attached hydrogens (tertiary/aromatic N) is 3. The normalized spacial score (nSPS) is 11.1. The van der Waals surface area contributed by atoms with E-state index in [9.17, 15) is 9.59 Å². The van der Waals surface area contributed by atoms with E-state index in [1.165, 1.54) is 7.11 Å². The summed E-state index contributed by atoms with van der Waals surface area (Å²) in [4.78, 5) is 25.4. The Morgan fingerprint density at radius 1 is 1.21 bits per heavy atom. The molecule has 0 bridgehead atoms. The summed E-state index contributed by atoms with van der Waals surface area (Å²) in [5, 5.41) is 9.07. The van der Waals surface area contributed by atoms with Gasteiger partial charge in [-0.25, -0.2) is 4.68 Å². The molecule has 2 aromatic heterocycles. The molecule has 1 amide bonds. The summed E-state index contributed by atoms with van der Waals surface area (Å²) < 4.78 is 8.19. The van der Waals surface area contributed by atoms with Crippen LogP contribution < -0.4 is 15.6 Å². The number of aryl methyl sites for hydroxylation is 1. The fourth-order valence-corrected chi connectivity index (χ4v) is 3.50. The number of hydrogen-bond acceptors (Lipinski definition) is 4. The molecule has 8 heteroatoms. The molecule has 0 fully saturated rings. The van der Waals surface area contributed by atoms with Crippen molar-refractivity contribution in [2.75, 3.05) is 12.4 Å². The molecule has 0 saturated carbocycles. The first-order valence-electron chi connectivity index (χ1n) is 8.56. The van der Waals surface area contributed by atoms with E-state index >= 15 is 0 Å². The fraction of sp³-hybridized carbons (Fsp3) is 0.150. The third-order valence-corrected chi connectivity index (χ3v) is 4.87. The van der Waals surface area contributed by atoms with Crippen molar-refractivity contribution in [3.05, 3.63) is 64.0 Å². The minimum Gasteiger partial charge on any atom is -0.495 e. The van der Waals surface area contributed by atoms with Crippen molar-refractivity contribution < 1.29 is 9.53 Å². The van der Waals surface area contributed by atoms with Gasteiger partial charge in [0.2, 0.25) is 5.91 Å². The minimum atomic E-state index is -0.409. The van der Waals surface area contributed by atoms with Crippen molar-refractivity contribution in [2.45, 2.75) is 6.54 Å². The molecular formula is C20H17ClN4O3. The van der Waals surface area contributed by atoms with Gasteiger partial charge in [-0.3, -0.25) is 9.59 Å². The predicted molar refractivity (Wildman–Crippen MR) is 109 cm³/mol. The number of aromatic nitrogens is 3. The molecule has 0 aliphatic carbocycles. The van der Waals surface area contributed by atoms with Gasteiger partial charge in [0.25, 0.3) is 5.56 Å². The highest BCUT2D eigenvalue weighted by atomic mass is 35.5. The van der Waals surface area contributed by atoms with Crippen LogP contribution in [0.1, 0.15) is 0 Å². The van der Waals surface area contributed by atoms with E-state index in [1.54, 1.807) is 24.4 Å². The highest BCUT2D eigenvalue weighted by molar-refractivity contribution is 6.31. The zero-order valence-electron chi connectivity index (χ0n) is 15.3. The molecule has 0 spiro atoms. The smallest absolute Gasteiger partial charge is 0.291 e. The Bertz CT molecular complexity index is 1280. The van der Waals surface area contributed by atoms with Crippen molar-refractivity contribution in [3.63, 3.8) is 0 Å². The van der Waals surface area contributed by atoms with Gasteiger partial charge < -0.3 is 14.6 Å². The zero-order chi connectivity index (χ0) is 19.8. The lowest BCUT2D eigenvalue weighted by Crippen LogP contribution is -2.30. The van der Waals surface area contributed by atoms with Gasteiger partial charge in [-0.1, -0.05) is 29.8 Å². The minimum absolute atomic E-state index is 0.230. The number of carbonyl (C=O) groups excluding carboxylic acids is 1. The maximum atomic E-state index is 12.9. The summed E-state index contributed by atoms with van der Waals surface area (Å²) in [6.07, 6.45) is 1.62. The molecule has 0 radical (unpaired) electrons. The van der Waals surface area contributed by atoms with Crippen LogP contribution in [0.4, 0.5) is 5.69 Å². The molecule has 1 N–H and O–H groups in total. The van der Waals surface area contributed by atoms with Crippen LogP contribution in [0.5, 0.6) is 5.75 Å². The summed E-state index contributed by atoms with van der Waals surface area (Å²) in [5.41, 5.74) is 1.54.